The molecule has 9 rings (SSSR count). The van der Waals surface area contributed by atoms with E-state index in [2.05, 4.69) is 25.4 Å². The molecule has 1 fully saturated rings. The molecule has 5 aromatic heterocycles. The van der Waals surface area contributed by atoms with Crippen LogP contribution in [-0.4, -0.2) is 124 Å². The maximum absolute atomic E-state index is 14.1. The zero-order valence-corrected chi connectivity index (χ0v) is 33.5. The second-order valence-corrected chi connectivity index (χ2v) is 15.3. The first kappa shape index (κ1) is 38.9. The van der Waals surface area contributed by atoms with E-state index in [0.717, 1.165) is 50.5 Å². The molecule has 0 radical (unpaired) electrons. The number of hydrogen-bond acceptors (Lipinski definition) is 13. The van der Waals surface area contributed by atoms with Crippen molar-refractivity contribution in [3.63, 3.8) is 0 Å². The van der Waals surface area contributed by atoms with Crippen LogP contribution in [-0.2, 0) is 26.2 Å². The fourth-order valence-corrected chi connectivity index (χ4v) is 8.29. The Hall–Kier alpha value is -6.64. The molecule has 0 saturated carbocycles. The van der Waals surface area contributed by atoms with E-state index in [1.54, 1.807) is 43.4 Å². The Morgan fingerprint density at radius 1 is 0.850 bits per heavy atom. The average molecular weight is 818 g/mol. The molecule has 8 heterocycles. The number of piperazine rings is 1. The molecule has 60 heavy (non-hydrogen) atoms. The van der Waals surface area contributed by atoms with E-state index in [4.69, 9.17) is 26.2 Å². The Morgan fingerprint density at radius 2 is 1.55 bits per heavy atom. The van der Waals surface area contributed by atoms with Crippen LogP contribution in [0.2, 0.25) is 0 Å². The van der Waals surface area contributed by atoms with Crippen molar-refractivity contribution in [2.75, 3.05) is 62.2 Å². The molecule has 3 amide bonds. The minimum atomic E-state index is -1.03. The van der Waals surface area contributed by atoms with Crippen LogP contribution in [0.4, 0.5) is 11.9 Å². The summed E-state index contributed by atoms with van der Waals surface area (Å²) in [7, 11) is 0. The number of nitrogens with zero attached hydrogens (tertiary/aromatic N) is 12. The highest BCUT2D eigenvalue weighted by atomic mass is 16.5. The molecule has 0 bridgehead atoms. The van der Waals surface area contributed by atoms with Crippen molar-refractivity contribution in [2.24, 2.45) is 11.5 Å². The van der Waals surface area contributed by atoms with Crippen molar-refractivity contribution in [1.29, 1.82) is 0 Å². The number of aliphatic hydroxyl groups is 1. The van der Waals surface area contributed by atoms with Crippen molar-refractivity contribution in [3.05, 3.63) is 82.6 Å². The standard InChI is InChI=1S/C40H47N15O5/c1-24-18-30-37(58)52(13-15-54(30)47-24)39-45-28-20-26(34(41)56)22-32(60-17-5-8-49-11-6-43-7-12-49)33(28)50(39)9-3-4-10-51-36-29(21-27(23-44-36)35(42)57)46-40(51)53-14-16-55-31(38(53)59)19-25(2)48-55/h3-4,18-23,38,43,59H,5-17H2,1-2H3,(H2,41,56)(H2,42,57)/b4-3+. The number of fused-ring (bicyclic) bond motifs is 4. The van der Waals surface area contributed by atoms with Crippen LogP contribution in [0.3, 0.4) is 0 Å². The fourth-order valence-electron chi connectivity index (χ4n) is 8.29. The van der Waals surface area contributed by atoms with E-state index in [-0.39, 0.29) is 30.1 Å². The van der Waals surface area contributed by atoms with Gasteiger partial charge in [-0.1, -0.05) is 12.2 Å². The van der Waals surface area contributed by atoms with Crippen molar-refractivity contribution in [3.8, 4) is 5.75 Å². The molecule has 0 aliphatic carbocycles. The lowest BCUT2D eigenvalue weighted by atomic mass is 10.1. The first-order chi connectivity index (χ1) is 29.0. The predicted octanol–water partition coefficient (Wildman–Crippen LogP) is 1.09. The number of nitrogens with two attached hydrogens (primary N) is 2. The number of aryl methyl sites for hydroxylation is 2. The molecule has 6 aromatic rings. The first-order valence-electron chi connectivity index (χ1n) is 20.1. The SMILES string of the molecule is Cc1cc2n(n1)CCN(c1nc3cc(C(N)=O)cc(OCCCN4CCNCC4)c3n1C/C=C/Cn1c(N3CCn4nc(C)cc4C3O)nc3cc(C(N)=O)cnc31)C2=O. The van der Waals surface area contributed by atoms with Gasteiger partial charge in [-0.15, -0.1) is 0 Å². The molecule has 3 aliphatic rings. The highest BCUT2D eigenvalue weighted by Gasteiger charge is 2.33. The maximum atomic E-state index is 14.1. The topological polar surface area (TPSA) is 239 Å². The highest BCUT2D eigenvalue weighted by Crippen LogP contribution is 2.35. The summed E-state index contributed by atoms with van der Waals surface area (Å²) in [4.78, 5) is 58.9. The van der Waals surface area contributed by atoms with Crippen LogP contribution in [0.1, 0.15) is 60.9 Å². The monoisotopic (exact) mass is 817 g/mol. The number of aliphatic hydroxyl groups excluding tert-OH is 1. The summed E-state index contributed by atoms with van der Waals surface area (Å²) in [6.45, 7) is 11.1. The van der Waals surface area contributed by atoms with E-state index in [9.17, 15) is 19.5 Å². The quantitative estimate of drug-likeness (QED) is 0.0945. The molecular weight excluding hydrogens is 771 g/mol. The lowest BCUT2D eigenvalue weighted by Gasteiger charge is -2.33. The molecule has 20 nitrogen and oxygen atoms in total. The molecule has 312 valence electrons. The van der Waals surface area contributed by atoms with E-state index >= 15 is 0 Å². The number of carbonyl (C=O) groups is 3. The molecule has 1 unspecified atom stereocenters. The Labute approximate surface area is 344 Å². The average Bonchev–Trinajstić information content (AvgIpc) is 4.01. The smallest absolute Gasteiger partial charge is 0.278 e. The number of imidazole rings is 2. The number of amides is 3. The molecule has 3 aliphatic heterocycles. The Bertz CT molecular complexity index is 2670. The lowest BCUT2D eigenvalue weighted by molar-refractivity contribution is 0.0957. The fraction of sp³-hybridized carbons (Fsp3) is 0.400. The Balaban J connectivity index is 1.07. The van der Waals surface area contributed by atoms with Gasteiger partial charge in [0.25, 0.3) is 5.91 Å². The van der Waals surface area contributed by atoms with E-state index in [1.807, 2.05) is 41.2 Å². The molecule has 0 spiro atoms. The maximum Gasteiger partial charge on any atom is 0.278 e. The van der Waals surface area contributed by atoms with E-state index in [1.165, 1.54) is 6.20 Å². The normalized spacial score (nSPS) is 17.2. The van der Waals surface area contributed by atoms with Gasteiger partial charge in [-0.05, 0) is 50.6 Å². The minimum absolute atomic E-state index is 0.216. The summed E-state index contributed by atoms with van der Waals surface area (Å²) in [6.07, 6.45) is 5.04. The Morgan fingerprint density at radius 3 is 2.33 bits per heavy atom. The van der Waals surface area contributed by atoms with Gasteiger partial charge in [0.2, 0.25) is 23.7 Å². The first-order valence-corrected chi connectivity index (χ1v) is 20.1. The number of nitrogens with one attached hydrogen (secondary N) is 1. The molecular formula is C40H47N15O5. The summed E-state index contributed by atoms with van der Waals surface area (Å²) >= 11 is 0. The third kappa shape index (κ3) is 7.22. The van der Waals surface area contributed by atoms with Gasteiger partial charge in [0, 0.05) is 70.7 Å². The predicted molar refractivity (Wildman–Crippen MR) is 221 cm³/mol. The number of allylic oxidation sites excluding steroid dienone is 2. The van der Waals surface area contributed by atoms with Crippen LogP contribution in [0.25, 0.3) is 22.2 Å². The van der Waals surface area contributed by atoms with Crippen LogP contribution >= 0.6 is 0 Å². The van der Waals surface area contributed by atoms with Crippen LogP contribution in [0.5, 0.6) is 5.75 Å². The van der Waals surface area contributed by atoms with Gasteiger partial charge in [0.1, 0.15) is 22.5 Å². The molecule has 1 atom stereocenters. The summed E-state index contributed by atoms with van der Waals surface area (Å²) in [5.41, 5.74) is 16.5. The van der Waals surface area contributed by atoms with Crippen molar-refractivity contribution < 1.29 is 24.2 Å². The highest BCUT2D eigenvalue weighted by molar-refractivity contribution is 6.06. The second kappa shape index (κ2) is 15.8. The third-order valence-corrected chi connectivity index (χ3v) is 11.2. The number of aromatic nitrogens is 9. The number of benzene rings is 1. The van der Waals surface area contributed by atoms with Crippen molar-refractivity contribution in [1.82, 2.24) is 53.9 Å². The molecule has 6 N–H and O–H groups in total. The Kier molecular flexibility index (Phi) is 10.3. The van der Waals surface area contributed by atoms with Gasteiger partial charge in [-0.2, -0.15) is 10.2 Å². The number of anilines is 2. The number of pyridine rings is 1. The van der Waals surface area contributed by atoms with Gasteiger partial charge in [-0.25, -0.2) is 15.0 Å². The number of primary amides is 2. The van der Waals surface area contributed by atoms with Gasteiger partial charge in [0.05, 0.1) is 47.9 Å². The van der Waals surface area contributed by atoms with Gasteiger partial charge < -0.3 is 41.0 Å². The second-order valence-electron chi connectivity index (χ2n) is 15.3. The number of rotatable bonds is 13. The number of hydrogen-bond donors (Lipinski definition) is 4. The van der Waals surface area contributed by atoms with Gasteiger partial charge >= 0.3 is 0 Å². The number of ether oxygens (including phenoxy) is 1. The van der Waals surface area contributed by atoms with Crippen molar-refractivity contribution in [2.45, 2.75) is 52.7 Å². The minimum Gasteiger partial charge on any atom is -0.491 e. The van der Waals surface area contributed by atoms with Crippen LogP contribution < -0.4 is 31.3 Å². The third-order valence-electron chi connectivity index (χ3n) is 11.2. The summed E-state index contributed by atoms with van der Waals surface area (Å²) in [6, 6.07) is 8.48. The summed E-state index contributed by atoms with van der Waals surface area (Å²) in [5, 5.41) is 23.9. The zero-order valence-electron chi connectivity index (χ0n) is 33.5. The summed E-state index contributed by atoms with van der Waals surface area (Å²) < 4.78 is 13.7. The van der Waals surface area contributed by atoms with Gasteiger partial charge in [-0.3, -0.25) is 33.2 Å². The molecule has 20 heteroatoms. The van der Waals surface area contributed by atoms with Gasteiger partial charge in [0.15, 0.2) is 11.9 Å². The van der Waals surface area contributed by atoms with Crippen LogP contribution in [0, 0.1) is 13.8 Å². The zero-order chi connectivity index (χ0) is 41.7. The van der Waals surface area contributed by atoms with E-state index < -0.39 is 18.0 Å². The summed E-state index contributed by atoms with van der Waals surface area (Å²) in [5.74, 6) is -0.219. The number of carbonyl (C=O) groups excluding carboxylic acids is 3. The molecule has 1 saturated heterocycles. The largest absolute Gasteiger partial charge is 0.491 e. The van der Waals surface area contributed by atoms with E-state index in [0.29, 0.717) is 84.0 Å². The molecule has 1 aromatic carbocycles. The lowest BCUT2D eigenvalue weighted by Crippen LogP contribution is -2.43. The van der Waals surface area contributed by atoms with Crippen LogP contribution in [0.15, 0.2) is 48.7 Å². The van der Waals surface area contributed by atoms with Crippen molar-refractivity contribution >= 4 is 51.8 Å².